The number of carbonyl (C=O) groups excluding carboxylic acids is 2. The third-order valence-electron chi connectivity index (χ3n) is 5.22. The molecule has 152 valence electrons. The summed E-state index contributed by atoms with van der Waals surface area (Å²) in [7, 11) is 0. The highest BCUT2D eigenvalue weighted by atomic mass is 19.4. The van der Waals surface area contributed by atoms with Crippen LogP contribution in [0.5, 0.6) is 0 Å². The van der Waals surface area contributed by atoms with Gasteiger partial charge in [0.05, 0.1) is 5.56 Å². The molecule has 1 aliphatic carbocycles. The Labute approximate surface area is 162 Å². The van der Waals surface area contributed by atoms with Crippen LogP contribution in [0.1, 0.15) is 33.5 Å². The first kappa shape index (κ1) is 19.3. The molecule has 1 aliphatic heterocycles. The molecule has 6 nitrogen and oxygen atoms in total. The SMILES string of the molecule is Cc1cnc(NC(=O)CN2C[C@]3(C[C@@H]3F)c3cc(C(F)(F)F)ccc3C2=O)nc1. The smallest absolute Gasteiger partial charge is 0.328 e. The number of benzene rings is 1. The molecule has 4 rings (SSSR count). The van der Waals surface area contributed by atoms with E-state index >= 15 is 0 Å². The van der Waals surface area contributed by atoms with Gasteiger partial charge in [-0.2, -0.15) is 13.2 Å². The molecule has 10 heteroatoms. The fraction of sp³-hybridized carbons (Fsp3) is 0.368. The minimum Gasteiger partial charge on any atom is -0.328 e. The first-order valence-corrected chi connectivity index (χ1v) is 8.84. The molecule has 2 amide bonds. The van der Waals surface area contributed by atoms with E-state index in [1.165, 1.54) is 12.4 Å². The lowest BCUT2D eigenvalue weighted by atomic mass is 9.85. The lowest BCUT2D eigenvalue weighted by Gasteiger charge is -2.34. The number of halogens is 4. The molecular formula is C19H16F4N4O2. The molecule has 1 aromatic heterocycles. The van der Waals surface area contributed by atoms with Gasteiger partial charge in [0.15, 0.2) is 0 Å². The Bertz CT molecular complexity index is 993. The Morgan fingerprint density at radius 2 is 1.97 bits per heavy atom. The average molecular weight is 408 g/mol. The molecule has 0 unspecified atom stereocenters. The maximum absolute atomic E-state index is 14.2. The van der Waals surface area contributed by atoms with Gasteiger partial charge in [0.25, 0.3) is 5.91 Å². The number of hydrogen-bond acceptors (Lipinski definition) is 4. The second-order valence-electron chi connectivity index (χ2n) is 7.38. The van der Waals surface area contributed by atoms with Crippen LogP contribution in [0.25, 0.3) is 0 Å². The first-order valence-electron chi connectivity index (χ1n) is 8.84. The van der Waals surface area contributed by atoms with Crippen molar-refractivity contribution in [2.24, 2.45) is 0 Å². The molecule has 1 N–H and O–H groups in total. The van der Waals surface area contributed by atoms with Crippen LogP contribution in [-0.2, 0) is 16.4 Å². The van der Waals surface area contributed by atoms with E-state index in [0.717, 1.165) is 28.7 Å². The molecule has 1 spiro atoms. The van der Waals surface area contributed by atoms with Gasteiger partial charge in [-0.05, 0) is 42.7 Å². The van der Waals surface area contributed by atoms with Crippen molar-refractivity contribution in [1.82, 2.24) is 14.9 Å². The van der Waals surface area contributed by atoms with Crippen molar-refractivity contribution in [2.45, 2.75) is 31.1 Å². The zero-order valence-corrected chi connectivity index (χ0v) is 15.3. The fourth-order valence-electron chi connectivity index (χ4n) is 3.61. The number of aryl methyl sites for hydroxylation is 1. The Balaban J connectivity index is 1.58. The Hall–Kier alpha value is -3.04. The zero-order valence-electron chi connectivity index (χ0n) is 15.3. The third-order valence-corrected chi connectivity index (χ3v) is 5.22. The van der Waals surface area contributed by atoms with Crippen LogP contribution >= 0.6 is 0 Å². The number of carbonyl (C=O) groups is 2. The molecule has 2 aliphatic rings. The molecule has 2 heterocycles. The summed E-state index contributed by atoms with van der Waals surface area (Å²) in [6.45, 7) is 1.23. The van der Waals surface area contributed by atoms with Crippen molar-refractivity contribution in [3.05, 3.63) is 52.8 Å². The summed E-state index contributed by atoms with van der Waals surface area (Å²) in [5.74, 6) is -1.13. The van der Waals surface area contributed by atoms with E-state index in [1.807, 2.05) is 0 Å². The third kappa shape index (κ3) is 3.43. The van der Waals surface area contributed by atoms with Gasteiger partial charge in [-0.3, -0.25) is 14.9 Å². The number of nitrogens with one attached hydrogen (secondary N) is 1. The summed E-state index contributed by atoms with van der Waals surface area (Å²) in [5, 5.41) is 2.45. The lowest BCUT2D eigenvalue weighted by molar-refractivity contribution is -0.137. The second-order valence-corrected chi connectivity index (χ2v) is 7.38. The standard InChI is InChI=1S/C19H16F4N4O2/c1-10-6-24-17(25-7-10)26-15(28)8-27-9-18(5-14(18)20)13-4-11(19(21,22)23)2-3-12(13)16(27)29/h2-4,6-7,14H,5,8-9H2,1H3,(H,24,25,26,28)/t14-,18+/m0/s1. The van der Waals surface area contributed by atoms with E-state index < -0.39 is 35.1 Å². The van der Waals surface area contributed by atoms with E-state index in [-0.39, 0.29) is 36.6 Å². The maximum Gasteiger partial charge on any atom is 0.416 e. The van der Waals surface area contributed by atoms with Crippen LogP contribution in [0.15, 0.2) is 30.6 Å². The molecule has 0 radical (unpaired) electrons. The minimum absolute atomic E-state index is 0.00772. The number of amides is 2. The van der Waals surface area contributed by atoms with Gasteiger partial charge in [-0.1, -0.05) is 0 Å². The van der Waals surface area contributed by atoms with Crippen molar-refractivity contribution in [3.63, 3.8) is 0 Å². The maximum atomic E-state index is 14.2. The van der Waals surface area contributed by atoms with Crippen LogP contribution in [0, 0.1) is 6.92 Å². The summed E-state index contributed by atoms with van der Waals surface area (Å²) < 4.78 is 53.4. The predicted molar refractivity (Wildman–Crippen MR) is 93.9 cm³/mol. The molecule has 1 aromatic carbocycles. The number of nitrogens with zero attached hydrogens (tertiary/aromatic N) is 3. The molecule has 0 bridgehead atoms. The fourth-order valence-corrected chi connectivity index (χ4v) is 3.61. The molecule has 0 saturated heterocycles. The van der Waals surface area contributed by atoms with Crippen LogP contribution in [-0.4, -0.2) is 45.9 Å². The lowest BCUT2D eigenvalue weighted by Crippen LogP contribution is -2.47. The van der Waals surface area contributed by atoms with Gasteiger partial charge in [0.2, 0.25) is 11.9 Å². The monoisotopic (exact) mass is 408 g/mol. The summed E-state index contributed by atoms with van der Waals surface area (Å²) in [6, 6.07) is 2.70. The first-order chi connectivity index (χ1) is 13.6. The molecule has 1 saturated carbocycles. The van der Waals surface area contributed by atoms with Crippen LogP contribution in [0.2, 0.25) is 0 Å². The number of anilines is 1. The molecule has 2 atom stereocenters. The van der Waals surface area contributed by atoms with Crippen molar-refractivity contribution < 1.29 is 27.2 Å². The van der Waals surface area contributed by atoms with Crippen molar-refractivity contribution in [2.75, 3.05) is 18.4 Å². The quantitative estimate of drug-likeness (QED) is 0.793. The van der Waals surface area contributed by atoms with Gasteiger partial charge in [-0.25, -0.2) is 14.4 Å². The summed E-state index contributed by atoms with van der Waals surface area (Å²) in [4.78, 5) is 34.1. The van der Waals surface area contributed by atoms with Crippen LogP contribution in [0.3, 0.4) is 0 Å². The number of rotatable bonds is 3. The van der Waals surface area contributed by atoms with E-state index in [9.17, 15) is 27.2 Å². The normalized spacial score (nSPS) is 23.1. The van der Waals surface area contributed by atoms with E-state index in [4.69, 9.17) is 0 Å². The van der Waals surface area contributed by atoms with Crippen molar-refractivity contribution in [1.29, 1.82) is 0 Å². The second kappa shape index (κ2) is 6.50. The summed E-state index contributed by atoms with van der Waals surface area (Å²) in [5.41, 5.74) is -1.28. The van der Waals surface area contributed by atoms with E-state index in [1.54, 1.807) is 6.92 Å². The van der Waals surface area contributed by atoms with Crippen molar-refractivity contribution >= 4 is 17.8 Å². The minimum atomic E-state index is -4.59. The van der Waals surface area contributed by atoms with Crippen LogP contribution in [0.4, 0.5) is 23.5 Å². The molecule has 2 aromatic rings. The highest BCUT2D eigenvalue weighted by Gasteiger charge is 2.61. The number of aromatic nitrogens is 2. The van der Waals surface area contributed by atoms with Gasteiger partial charge in [0.1, 0.15) is 12.7 Å². The number of hydrogen-bond donors (Lipinski definition) is 1. The highest BCUT2D eigenvalue weighted by molar-refractivity contribution is 6.01. The van der Waals surface area contributed by atoms with Crippen molar-refractivity contribution in [3.8, 4) is 0 Å². The molecular weight excluding hydrogens is 392 g/mol. The predicted octanol–water partition coefficient (Wildman–Crippen LogP) is 2.88. The Kier molecular flexibility index (Phi) is 4.32. The Morgan fingerprint density at radius 1 is 1.31 bits per heavy atom. The van der Waals surface area contributed by atoms with Gasteiger partial charge in [-0.15, -0.1) is 0 Å². The highest BCUT2D eigenvalue weighted by Crippen LogP contribution is 2.55. The molecule has 1 fully saturated rings. The van der Waals surface area contributed by atoms with Gasteiger partial charge < -0.3 is 4.90 Å². The number of alkyl halides is 4. The largest absolute Gasteiger partial charge is 0.416 e. The average Bonchev–Trinajstić information content (AvgIpc) is 3.30. The molecule has 29 heavy (non-hydrogen) atoms. The van der Waals surface area contributed by atoms with Gasteiger partial charge in [0, 0.05) is 29.9 Å². The van der Waals surface area contributed by atoms with E-state index in [2.05, 4.69) is 15.3 Å². The summed E-state index contributed by atoms with van der Waals surface area (Å²) >= 11 is 0. The Morgan fingerprint density at radius 3 is 2.55 bits per heavy atom. The topological polar surface area (TPSA) is 75.2 Å². The zero-order chi connectivity index (χ0) is 21.0. The number of fused-ring (bicyclic) bond motifs is 2. The summed E-state index contributed by atoms with van der Waals surface area (Å²) in [6.07, 6.45) is -2.94. The van der Waals surface area contributed by atoms with E-state index in [0.29, 0.717) is 0 Å². The van der Waals surface area contributed by atoms with Crippen LogP contribution < -0.4 is 5.32 Å². The van der Waals surface area contributed by atoms with Gasteiger partial charge >= 0.3 is 6.18 Å².